The molecule has 90 valence electrons. The monoisotopic (exact) mass is 229 g/mol. The summed E-state index contributed by atoms with van der Waals surface area (Å²) in [5, 5.41) is 3.47. The van der Waals surface area contributed by atoms with Crippen LogP contribution < -0.4 is 5.32 Å². The lowest BCUT2D eigenvalue weighted by atomic mass is 9.68. The summed E-state index contributed by atoms with van der Waals surface area (Å²) in [6.07, 6.45) is 2.97. The highest BCUT2D eigenvalue weighted by Gasteiger charge is 2.35. The Morgan fingerprint density at radius 1 is 1.41 bits per heavy atom. The van der Waals surface area contributed by atoms with Crippen LogP contribution in [0.5, 0.6) is 0 Å². The van der Waals surface area contributed by atoms with Gasteiger partial charge in [-0.15, -0.1) is 0 Å². The summed E-state index contributed by atoms with van der Waals surface area (Å²) in [6, 6.07) is 6.65. The quantitative estimate of drug-likeness (QED) is 0.788. The minimum absolute atomic E-state index is 0.276. The zero-order chi connectivity index (χ0) is 11.9. The third-order valence-electron chi connectivity index (χ3n) is 4.44. The van der Waals surface area contributed by atoms with Crippen molar-refractivity contribution in [2.75, 3.05) is 13.1 Å². The fraction of sp³-hybridized carbons (Fsp3) is 0.500. The Labute approximate surface area is 102 Å². The number of nitrogens with one attached hydrogen (secondary N) is 2. The van der Waals surface area contributed by atoms with E-state index < -0.39 is 0 Å². The molecule has 17 heavy (non-hydrogen) atoms. The predicted octanol–water partition coefficient (Wildman–Crippen LogP) is 2.45. The van der Waals surface area contributed by atoms with Crippen LogP contribution in [0.15, 0.2) is 24.5 Å². The van der Waals surface area contributed by atoms with Gasteiger partial charge in [-0.3, -0.25) is 0 Å². The molecule has 3 heteroatoms. The maximum Gasteiger partial charge on any atom is 0.0931 e. The van der Waals surface area contributed by atoms with Gasteiger partial charge in [0.05, 0.1) is 17.4 Å². The first-order valence-corrected chi connectivity index (χ1v) is 6.34. The molecule has 0 amide bonds. The van der Waals surface area contributed by atoms with Crippen molar-refractivity contribution in [3.8, 4) is 0 Å². The van der Waals surface area contributed by atoms with E-state index in [4.69, 9.17) is 0 Å². The number of aromatic nitrogens is 2. The van der Waals surface area contributed by atoms with Crippen LogP contribution in [0, 0.1) is 5.92 Å². The van der Waals surface area contributed by atoms with E-state index in [1.54, 1.807) is 6.33 Å². The average Bonchev–Trinajstić information content (AvgIpc) is 2.80. The average molecular weight is 229 g/mol. The first kappa shape index (κ1) is 10.8. The Bertz CT molecular complexity index is 531. The second-order valence-corrected chi connectivity index (χ2v) is 5.41. The molecule has 0 aliphatic carbocycles. The highest BCUT2D eigenvalue weighted by molar-refractivity contribution is 5.75. The molecule has 2 heterocycles. The summed E-state index contributed by atoms with van der Waals surface area (Å²) in [6.45, 7) is 6.93. The molecule has 2 unspecified atom stereocenters. The van der Waals surface area contributed by atoms with Gasteiger partial charge in [0.2, 0.25) is 0 Å². The van der Waals surface area contributed by atoms with Crippen LogP contribution in [0.2, 0.25) is 0 Å². The van der Waals surface area contributed by atoms with E-state index in [1.807, 2.05) is 0 Å². The fourth-order valence-electron chi connectivity index (χ4n) is 2.85. The Morgan fingerprint density at radius 2 is 2.29 bits per heavy atom. The lowest BCUT2D eigenvalue weighted by Gasteiger charge is -2.40. The largest absolute Gasteiger partial charge is 0.345 e. The van der Waals surface area contributed by atoms with Gasteiger partial charge in [0.1, 0.15) is 0 Å². The highest BCUT2D eigenvalue weighted by atomic mass is 14.9. The number of fused-ring (bicyclic) bond motifs is 1. The summed E-state index contributed by atoms with van der Waals surface area (Å²) in [5.41, 5.74) is 3.90. The lowest BCUT2D eigenvalue weighted by molar-refractivity contribution is 0.238. The topological polar surface area (TPSA) is 40.7 Å². The van der Waals surface area contributed by atoms with Crippen molar-refractivity contribution in [3.63, 3.8) is 0 Å². The van der Waals surface area contributed by atoms with Gasteiger partial charge in [-0.05, 0) is 48.5 Å². The molecule has 1 aliphatic rings. The Morgan fingerprint density at radius 3 is 3.12 bits per heavy atom. The predicted molar refractivity (Wildman–Crippen MR) is 70.1 cm³/mol. The molecule has 2 N–H and O–H groups in total. The summed E-state index contributed by atoms with van der Waals surface area (Å²) in [4.78, 5) is 7.51. The number of rotatable bonds is 1. The van der Waals surface area contributed by atoms with Gasteiger partial charge in [0, 0.05) is 0 Å². The first-order chi connectivity index (χ1) is 8.20. The molecule has 0 bridgehead atoms. The molecule has 1 aliphatic heterocycles. The number of benzene rings is 1. The molecule has 1 aromatic heterocycles. The van der Waals surface area contributed by atoms with Crippen molar-refractivity contribution in [1.29, 1.82) is 0 Å². The van der Waals surface area contributed by atoms with Gasteiger partial charge in [-0.2, -0.15) is 0 Å². The zero-order valence-corrected chi connectivity index (χ0v) is 10.5. The summed E-state index contributed by atoms with van der Waals surface area (Å²) in [7, 11) is 0. The van der Waals surface area contributed by atoms with Crippen LogP contribution in [0.3, 0.4) is 0 Å². The molecule has 3 nitrogen and oxygen atoms in total. The fourth-order valence-corrected chi connectivity index (χ4v) is 2.85. The van der Waals surface area contributed by atoms with Gasteiger partial charge in [-0.25, -0.2) is 4.98 Å². The third-order valence-corrected chi connectivity index (χ3v) is 4.44. The zero-order valence-electron chi connectivity index (χ0n) is 10.5. The number of hydrogen-bond donors (Lipinski definition) is 2. The normalized spacial score (nSPS) is 29.6. The van der Waals surface area contributed by atoms with Crippen LogP contribution in [0.4, 0.5) is 0 Å². The Balaban J connectivity index is 2.06. The molecule has 0 saturated carbocycles. The highest BCUT2D eigenvalue weighted by Crippen LogP contribution is 2.37. The maximum atomic E-state index is 4.36. The van der Waals surface area contributed by atoms with Crippen molar-refractivity contribution in [2.45, 2.75) is 25.7 Å². The number of piperidine rings is 1. The third kappa shape index (κ3) is 1.65. The van der Waals surface area contributed by atoms with Gasteiger partial charge in [-0.1, -0.05) is 19.9 Å². The summed E-state index contributed by atoms with van der Waals surface area (Å²) in [5.74, 6) is 0.660. The number of hydrogen-bond acceptors (Lipinski definition) is 2. The number of imidazole rings is 1. The van der Waals surface area contributed by atoms with E-state index in [9.17, 15) is 0 Å². The summed E-state index contributed by atoms with van der Waals surface area (Å²) >= 11 is 0. The van der Waals surface area contributed by atoms with Gasteiger partial charge in [0.25, 0.3) is 0 Å². The maximum absolute atomic E-state index is 4.36. The molecular weight excluding hydrogens is 210 g/mol. The van der Waals surface area contributed by atoms with Gasteiger partial charge < -0.3 is 10.3 Å². The molecule has 1 fully saturated rings. The molecule has 1 saturated heterocycles. The van der Waals surface area contributed by atoms with E-state index >= 15 is 0 Å². The van der Waals surface area contributed by atoms with Crippen molar-refractivity contribution in [2.24, 2.45) is 5.92 Å². The second kappa shape index (κ2) is 3.84. The molecule has 2 atom stereocenters. The van der Waals surface area contributed by atoms with Crippen LogP contribution in [0.25, 0.3) is 11.0 Å². The molecule has 0 spiro atoms. The van der Waals surface area contributed by atoms with Gasteiger partial charge >= 0.3 is 0 Å². The van der Waals surface area contributed by atoms with E-state index in [2.05, 4.69) is 47.3 Å². The number of H-pyrrole nitrogens is 1. The number of nitrogens with zero attached hydrogens (tertiary/aromatic N) is 1. The van der Waals surface area contributed by atoms with Crippen molar-refractivity contribution in [3.05, 3.63) is 30.1 Å². The van der Waals surface area contributed by atoms with Crippen LogP contribution in [-0.2, 0) is 5.41 Å². The smallest absolute Gasteiger partial charge is 0.0931 e. The van der Waals surface area contributed by atoms with Crippen LogP contribution in [0.1, 0.15) is 25.8 Å². The van der Waals surface area contributed by atoms with Crippen molar-refractivity contribution in [1.82, 2.24) is 15.3 Å². The molecule has 2 aromatic rings. The van der Waals surface area contributed by atoms with E-state index in [0.29, 0.717) is 5.92 Å². The Hall–Kier alpha value is -1.35. The molecule has 0 radical (unpaired) electrons. The Kier molecular flexibility index (Phi) is 2.44. The molecule has 3 rings (SSSR count). The lowest BCUT2D eigenvalue weighted by Crippen LogP contribution is -2.44. The summed E-state index contributed by atoms with van der Waals surface area (Å²) < 4.78 is 0. The minimum atomic E-state index is 0.276. The number of aromatic amines is 1. The molecule has 1 aromatic carbocycles. The van der Waals surface area contributed by atoms with E-state index in [0.717, 1.165) is 24.1 Å². The standard InChI is InChI=1S/C14H19N3/c1-10-8-15-6-5-14(10,2)11-3-4-12-13(7-11)17-9-16-12/h3-4,7,9-10,15H,5-6,8H2,1-2H3,(H,16,17). The van der Waals surface area contributed by atoms with E-state index in [-0.39, 0.29) is 5.41 Å². The van der Waals surface area contributed by atoms with Crippen LogP contribution >= 0.6 is 0 Å². The van der Waals surface area contributed by atoms with Crippen LogP contribution in [-0.4, -0.2) is 23.1 Å². The van der Waals surface area contributed by atoms with Crippen molar-refractivity contribution < 1.29 is 0 Å². The first-order valence-electron chi connectivity index (χ1n) is 6.34. The van der Waals surface area contributed by atoms with Gasteiger partial charge in [0.15, 0.2) is 0 Å². The second-order valence-electron chi connectivity index (χ2n) is 5.41. The SMILES string of the molecule is CC1CNCCC1(C)c1ccc2[nH]cnc2c1. The minimum Gasteiger partial charge on any atom is -0.345 e. The van der Waals surface area contributed by atoms with E-state index in [1.165, 1.54) is 12.0 Å². The molecular formula is C14H19N3. The van der Waals surface area contributed by atoms with Crippen molar-refractivity contribution >= 4 is 11.0 Å².